The Morgan fingerprint density at radius 3 is 1.67 bits per heavy atom. The number of allylic oxidation sites excluding steroid dienone is 2. The molecule has 0 amide bonds. The Morgan fingerprint density at radius 2 is 1.06 bits per heavy atom. The van der Waals surface area contributed by atoms with E-state index in [9.17, 15) is 0 Å². The van der Waals surface area contributed by atoms with Gasteiger partial charge in [0, 0.05) is 25.4 Å². The smallest absolute Gasteiger partial charge is 0.0864 e. The first-order valence-electron chi connectivity index (χ1n) is 16.3. The van der Waals surface area contributed by atoms with E-state index in [1.165, 1.54) is 147 Å². The molecule has 2 saturated heterocycles. The van der Waals surface area contributed by atoms with E-state index in [-0.39, 0.29) is 0 Å². The highest BCUT2D eigenvalue weighted by Gasteiger charge is 2.23. The number of ether oxygens (including phenoxy) is 2. The fourth-order valence-electron chi connectivity index (χ4n) is 6.25. The summed E-state index contributed by atoms with van der Waals surface area (Å²) in [5.74, 6) is 0. The predicted octanol–water partition coefficient (Wildman–Crippen LogP) is 9.51. The van der Waals surface area contributed by atoms with Crippen LogP contribution in [0.25, 0.3) is 0 Å². The van der Waals surface area contributed by atoms with E-state index >= 15 is 0 Å². The molecule has 3 nitrogen and oxygen atoms in total. The highest BCUT2D eigenvalue weighted by atomic mass is 16.5. The van der Waals surface area contributed by atoms with Crippen molar-refractivity contribution in [1.29, 1.82) is 0 Å². The van der Waals surface area contributed by atoms with Crippen LogP contribution in [0, 0.1) is 0 Å². The molecule has 0 aromatic heterocycles. The van der Waals surface area contributed by atoms with E-state index in [0.29, 0.717) is 12.2 Å². The van der Waals surface area contributed by atoms with E-state index in [1.807, 2.05) is 0 Å². The van der Waals surface area contributed by atoms with E-state index in [0.717, 1.165) is 32.7 Å². The van der Waals surface area contributed by atoms with Gasteiger partial charge in [-0.1, -0.05) is 121 Å². The van der Waals surface area contributed by atoms with Gasteiger partial charge >= 0.3 is 0 Å². The molecule has 0 saturated carbocycles. The first-order chi connectivity index (χ1) is 17.9. The first-order valence-corrected chi connectivity index (χ1v) is 16.3. The van der Waals surface area contributed by atoms with Crippen LogP contribution < -0.4 is 0 Å². The van der Waals surface area contributed by atoms with Gasteiger partial charge in [0.1, 0.15) is 0 Å². The van der Waals surface area contributed by atoms with Crippen molar-refractivity contribution in [2.24, 2.45) is 0 Å². The molecule has 2 bridgehead atoms. The lowest BCUT2D eigenvalue weighted by molar-refractivity contribution is -0.0593. The summed E-state index contributed by atoms with van der Waals surface area (Å²) >= 11 is 0. The minimum Gasteiger partial charge on any atom is -0.375 e. The van der Waals surface area contributed by atoms with E-state index in [1.54, 1.807) is 0 Å². The fourth-order valence-corrected chi connectivity index (χ4v) is 6.25. The quantitative estimate of drug-likeness (QED) is 0.330. The molecule has 3 aliphatic heterocycles. The Bertz CT molecular complexity index is 586. The molecule has 0 aromatic carbocycles. The minimum atomic E-state index is 0.452. The van der Waals surface area contributed by atoms with E-state index in [2.05, 4.69) is 23.1 Å². The van der Waals surface area contributed by atoms with Crippen LogP contribution >= 0.6 is 0 Å². The Kier molecular flexibility index (Phi) is 16.7. The molecule has 2 fully saturated rings. The third-order valence-corrected chi connectivity index (χ3v) is 8.63. The lowest BCUT2D eigenvalue weighted by Crippen LogP contribution is -2.34. The second kappa shape index (κ2) is 20.2. The van der Waals surface area contributed by atoms with Gasteiger partial charge in [-0.3, -0.25) is 0 Å². The van der Waals surface area contributed by atoms with Gasteiger partial charge in [-0.05, 0) is 44.6 Å². The average Bonchev–Trinajstić information content (AvgIpc) is 2.90. The van der Waals surface area contributed by atoms with Gasteiger partial charge in [0.05, 0.1) is 18.8 Å². The van der Waals surface area contributed by atoms with Crippen molar-refractivity contribution in [3.05, 3.63) is 23.9 Å². The molecule has 0 aromatic rings. The molecule has 3 heteroatoms. The average molecular weight is 502 g/mol. The normalized spacial score (nSPS) is 28.7. The summed E-state index contributed by atoms with van der Waals surface area (Å²) in [6, 6.07) is 0. The van der Waals surface area contributed by atoms with Crippen LogP contribution in [0.4, 0.5) is 0 Å². The molecule has 2 atom stereocenters. The highest BCUT2D eigenvalue weighted by molar-refractivity contribution is 5.18. The molecule has 0 spiro atoms. The van der Waals surface area contributed by atoms with Crippen molar-refractivity contribution in [2.45, 2.75) is 160 Å². The summed E-state index contributed by atoms with van der Waals surface area (Å²) in [5.41, 5.74) is 1.36. The summed E-state index contributed by atoms with van der Waals surface area (Å²) in [6.07, 6.45) is 39.5. The Morgan fingerprint density at radius 1 is 0.556 bits per heavy atom. The minimum absolute atomic E-state index is 0.452. The second-order valence-corrected chi connectivity index (χ2v) is 11.8. The summed E-state index contributed by atoms with van der Waals surface area (Å²) in [7, 11) is 0. The topological polar surface area (TPSA) is 21.7 Å². The van der Waals surface area contributed by atoms with Crippen molar-refractivity contribution >= 4 is 0 Å². The largest absolute Gasteiger partial charge is 0.375 e. The van der Waals surface area contributed by atoms with Crippen LogP contribution in [0.5, 0.6) is 0 Å². The molecule has 36 heavy (non-hydrogen) atoms. The van der Waals surface area contributed by atoms with E-state index in [4.69, 9.17) is 9.47 Å². The SMILES string of the molecule is C1=CCN2CCC3CCCC(CCCCCCCCCCCCCCCCCCCCOCC2=C1)O3. The molecule has 2 unspecified atom stereocenters. The van der Waals surface area contributed by atoms with Gasteiger partial charge in [0.25, 0.3) is 0 Å². The number of hydrogen-bond acceptors (Lipinski definition) is 3. The Labute approximate surface area is 224 Å². The van der Waals surface area contributed by atoms with Crippen LogP contribution in [0.3, 0.4) is 0 Å². The second-order valence-electron chi connectivity index (χ2n) is 11.8. The lowest BCUT2D eigenvalue weighted by Gasteiger charge is -2.33. The maximum absolute atomic E-state index is 6.56. The zero-order valence-electron chi connectivity index (χ0n) is 23.7. The third-order valence-electron chi connectivity index (χ3n) is 8.63. The molecule has 208 valence electrons. The van der Waals surface area contributed by atoms with E-state index < -0.39 is 0 Å². The lowest BCUT2D eigenvalue weighted by atomic mass is 9.97. The van der Waals surface area contributed by atoms with Crippen LogP contribution in [0.1, 0.15) is 148 Å². The molecule has 3 rings (SSSR count). The Balaban J connectivity index is 1.36. The molecule has 0 radical (unpaired) electrons. The molecule has 0 aliphatic carbocycles. The van der Waals surface area contributed by atoms with Crippen molar-refractivity contribution in [3.8, 4) is 0 Å². The number of hydrogen-bond donors (Lipinski definition) is 0. The predicted molar refractivity (Wildman–Crippen MR) is 154 cm³/mol. The summed E-state index contributed by atoms with van der Waals surface area (Å²) in [6.45, 7) is 3.78. The standard InChI is InChI=1S/C33H59NO2/c1-2-4-6-8-10-12-14-16-20-29-35-30-31-22-18-19-27-34(31)28-26-33-25-21-24-32(36-33)23-17-15-13-11-9-7-5-3-1/h18-19,22,32-33H,1-17,20-21,23-30H2. The van der Waals surface area contributed by atoms with Gasteiger partial charge in [-0.25, -0.2) is 0 Å². The van der Waals surface area contributed by atoms with Gasteiger partial charge < -0.3 is 14.4 Å². The monoisotopic (exact) mass is 501 g/mol. The summed E-state index contributed by atoms with van der Waals surface area (Å²) in [4.78, 5) is 2.52. The zero-order valence-corrected chi connectivity index (χ0v) is 23.7. The van der Waals surface area contributed by atoms with Gasteiger partial charge in [0.2, 0.25) is 0 Å². The molecule has 0 N–H and O–H groups in total. The number of nitrogens with zero attached hydrogens (tertiary/aromatic N) is 1. The van der Waals surface area contributed by atoms with Crippen LogP contribution in [-0.2, 0) is 9.47 Å². The highest BCUT2D eigenvalue weighted by Crippen LogP contribution is 2.26. The van der Waals surface area contributed by atoms with Gasteiger partial charge in [0.15, 0.2) is 0 Å². The number of rotatable bonds is 0. The summed E-state index contributed by atoms with van der Waals surface area (Å²) < 4.78 is 12.7. The van der Waals surface area contributed by atoms with Gasteiger partial charge in [-0.2, -0.15) is 0 Å². The van der Waals surface area contributed by atoms with Crippen LogP contribution in [0.2, 0.25) is 0 Å². The maximum Gasteiger partial charge on any atom is 0.0864 e. The first kappa shape index (κ1) is 29.8. The Hall–Kier alpha value is -0.800. The summed E-state index contributed by atoms with van der Waals surface area (Å²) in [5, 5.41) is 0. The van der Waals surface area contributed by atoms with Crippen molar-refractivity contribution in [2.75, 3.05) is 26.3 Å². The molecular weight excluding hydrogens is 442 g/mol. The number of fused-ring (bicyclic) bond motifs is 3. The molecule has 3 heterocycles. The van der Waals surface area contributed by atoms with Crippen LogP contribution in [-0.4, -0.2) is 43.4 Å². The van der Waals surface area contributed by atoms with Gasteiger partial charge in [-0.15, -0.1) is 0 Å². The van der Waals surface area contributed by atoms with Crippen molar-refractivity contribution in [3.63, 3.8) is 0 Å². The maximum atomic E-state index is 6.56. The molecule has 3 aliphatic rings. The molecular formula is C33H59NO2. The third kappa shape index (κ3) is 13.7. The van der Waals surface area contributed by atoms with Crippen molar-refractivity contribution < 1.29 is 9.47 Å². The zero-order chi connectivity index (χ0) is 24.9. The fraction of sp³-hybridized carbons (Fsp3) is 0.879. The van der Waals surface area contributed by atoms with Crippen molar-refractivity contribution in [1.82, 2.24) is 4.90 Å². The van der Waals surface area contributed by atoms with Crippen LogP contribution in [0.15, 0.2) is 23.9 Å².